The Hall–Kier alpha value is 4.79. The Morgan fingerprint density at radius 1 is 0.800 bits per heavy atom. The SMILES string of the molecule is [CaH2].[SrH2].[Ti].[Ti].[Zn]. The minimum absolute atomic E-state index is 0. The van der Waals surface area contributed by atoms with Gasteiger partial charge in [-0.05, 0) is 0 Å². The van der Waals surface area contributed by atoms with Crippen molar-refractivity contribution in [1.29, 1.82) is 0 Å². The summed E-state index contributed by atoms with van der Waals surface area (Å²) < 4.78 is 0. The topological polar surface area (TPSA) is 0 Å². The van der Waals surface area contributed by atoms with Crippen LogP contribution in [0.15, 0.2) is 0 Å². The van der Waals surface area contributed by atoms with E-state index in [1.807, 2.05) is 0 Å². The predicted octanol–water partition coefficient (Wildman–Crippen LogP) is -1.84. The van der Waals surface area contributed by atoms with Gasteiger partial charge in [0.25, 0.3) is 0 Å². The molecule has 0 aliphatic rings. The molecule has 0 amide bonds. The standard InChI is InChI=1S/Ca.Sr.2Ti.Zn.4H. The first kappa shape index (κ1) is 33.0. The number of hydrogen-bond donors (Lipinski definition) is 0. The molecule has 0 atom stereocenters. The van der Waals surface area contributed by atoms with E-state index in [-0.39, 0.29) is 146 Å². The average molecular weight is 293 g/mol. The fourth-order valence-electron chi connectivity index (χ4n) is 0. The van der Waals surface area contributed by atoms with Crippen LogP contribution in [0, 0.1) is 0 Å². The van der Waals surface area contributed by atoms with Crippen LogP contribution in [0.25, 0.3) is 0 Å². The molecule has 18 valence electrons. The molecule has 0 rings (SSSR count). The third-order valence-electron chi connectivity index (χ3n) is 0. The van der Waals surface area contributed by atoms with Crippen molar-refractivity contribution in [2.75, 3.05) is 0 Å². The second-order valence-electron chi connectivity index (χ2n) is 0. The van der Waals surface area contributed by atoms with E-state index in [0.717, 1.165) is 0 Å². The second-order valence-corrected chi connectivity index (χ2v) is 0. The van der Waals surface area contributed by atoms with Crippen molar-refractivity contribution in [1.82, 2.24) is 0 Å². The molecule has 0 fully saturated rings. The van der Waals surface area contributed by atoms with E-state index in [4.69, 9.17) is 0 Å². The van der Waals surface area contributed by atoms with Gasteiger partial charge in [-0.3, -0.25) is 0 Å². The first-order valence-corrected chi connectivity index (χ1v) is 0. The summed E-state index contributed by atoms with van der Waals surface area (Å²) in [5.41, 5.74) is 0. The van der Waals surface area contributed by atoms with Gasteiger partial charge in [0, 0.05) is 62.9 Å². The first-order valence-electron chi connectivity index (χ1n) is 0. The van der Waals surface area contributed by atoms with Crippen LogP contribution in [0.2, 0.25) is 0 Å². The Labute approximate surface area is 142 Å². The summed E-state index contributed by atoms with van der Waals surface area (Å²) in [6, 6.07) is 0. The molecule has 5 heavy (non-hydrogen) atoms. The fraction of sp³-hybridized carbons (Fsp3) is 0. The summed E-state index contributed by atoms with van der Waals surface area (Å²) in [6.45, 7) is 0. The molecule has 0 saturated heterocycles. The van der Waals surface area contributed by atoms with Crippen LogP contribution in [0.1, 0.15) is 0 Å². The Balaban J connectivity index is 0. The third kappa shape index (κ3) is 17.7. The zero-order valence-corrected chi connectivity index (χ0v) is 7.80. The van der Waals surface area contributed by atoms with Crippen molar-refractivity contribution in [3.05, 3.63) is 0 Å². The van der Waals surface area contributed by atoms with Gasteiger partial charge < -0.3 is 0 Å². The van der Waals surface area contributed by atoms with Crippen LogP contribution in [0.4, 0.5) is 0 Å². The normalized spacial score (nSPS) is 0. The summed E-state index contributed by atoms with van der Waals surface area (Å²) in [6.07, 6.45) is 0. The molecular weight excluding hydrogens is 289 g/mol. The summed E-state index contributed by atoms with van der Waals surface area (Å²) >= 11 is 0. The average Bonchev–Trinajstić information content (AvgIpc) is 0. The molecule has 0 aromatic rings. The quantitative estimate of drug-likeness (QED) is 0.461. The van der Waals surface area contributed by atoms with Crippen molar-refractivity contribution in [3.63, 3.8) is 0 Å². The predicted molar refractivity (Wildman–Crippen MR) is 17.1 cm³/mol. The monoisotopic (exact) mass is 292 g/mol. The second kappa shape index (κ2) is 23.2. The van der Waals surface area contributed by atoms with E-state index >= 15 is 0 Å². The van der Waals surface area contributed by atoms with Gasteiger partial charge in [-0.1, -0.05) is 0 Å². The summed E-state index contributed by atoms with van der Waals surface area (Å²) in [7, 11) is 0. The maximum absolute atomic E-state index is 0. The van der Waals surface area contributed by atoms with Crippen LogP contribution in [0.5, 0.6) is 0 Å². The van der Waals surface area contributed by atoms with Crippen LogP contribution >= 0.6 is 0 Å². The summed E-state index contributed by atoms with van der Waals surface area (Å²) in [5.74, 6) is 0. The van der Waals surface area contributed by atoms with Crippen molar-refractivity contribution >= 4 is 83.2 Å². The molecule has 0 aromatic carbocycles. The molecule has 0 nitrogen and oxygen atoms in total. The molecule has 0 bridgehead atoms. The van der Waals surface area contributed by atoms with Gasteiger partial charge in [0.2, 0.25) is 0 Å². The van der Waals surface area contributed by atoms with E-state index < -0.39 is 0 Å². The molecule has 0 saturated carbocycles. The van der Waals surface area contributed by atoms with E-state index in [1.165, 1.54) is 0 Å². The molecule has 0 N–H and O–H groups in total. The van der Waals surface area contributed by atoms with Gasteiger partial charge >= 0.3 is 83.2 Å². The van der Waals surface area contributed by atoms with Crippen molar-refractivity contribution < 1.29 is 62.9 Å². The van der Waals surface area contributed by atoms with Crippen molar-refractivity contribution in [2.24, 2.45) is 0 Å². The smallest absolute Gasteiger partial charge is 0 e. The molecule has 0 spiro atoms. The van der Waals surface area contributed by atoms with Crippen molar-refractivity contribution in [2.45, 2.75) is 0 Å². The van der Waals surface area contributed by atoms with Gasteiger partial charge in [-0.2, -0.15) is 0 Å². The molecule has 0 heterocycles. The largest absolute Gasteiger partial charge is 0 e. The Kier molecular flexibility index (Phi) is 153. The number of hydrogen-bond acceptors (Lipinski definition) is 0. The number of rotatable bonds is 0. The van der Waals surface area contributed by atoms with Gasteiger partial charge in [0.15, 0.2) is 0 Å². The molecule has 5 heteroatoms. The van der Waals surface area contributed by atoms with Gasteiger partial charge in [0.1, 0.15) is 0 Å². The van der Waals surface area contributed by atoms with Gasteiger partial charge in [-0.15, -0.1) is 0 Å². The minimum Gasteiger partial charge on any atom is 0 e. The fourth-order valence-corrected chi connectivity index (χ4v) is 0. The molecular formula is H4CaSrTi2Zn. The zero-order chi connectivity index (χ0) is 0. The van der Waals surface area contributed by atoms with Crippen LogP contribution in [-0.4, -0.2) is 83.2 Å². The zero-order valence-electron chi connectivity index (χ0n) is 1.71. The summed E-state index contributed by atoms with van der Waals surface area (Å²) in [5, 5.41) is 0. The Morgan fingerprint density at radius 2 is 0.800 bits per heavy atom. The van der Waals surface area contributed by atoms with E-state index in [9.17, 15) is 0 Å². The van der Waals surface area contributed by atoms with Crippen LogP contribution < -0.4 is 0 Å². The Bertz CT molecular complexity index is 9.61. The van der Waals surface area contributed by atoms with Gasteiger partial charge in [-0.25, -0.2) is 0 Å². The molecule has 0 radical (unpaired) electrons. The summed E-state index contributed by atoms with van der Waals surface area (Å²) in [4.78, 5) is 0. The van der Waals surface area contributed by atoms with Crippen LogP contribution in [0.3, 0.4) is 0 Å². The van der Waals surface area contributed by atoms with Crippen LogP contribution in [-0.2, 0) is 62.9 Å². The molecule has 0 aliphatic heterocycles. The van der Waals surface area contributed by atoms with Crippen molar-refractivity contribution in [3.8, 4) is 0 Å². The molecule has 0 unspecified atom stereocenters. The first-order chi connectivity index (χ1) is 0. The van der Waals surface area contributed by atoms with E-state index in [2.05, 4.69) is 0 Å². The molecule has 0 aromatic heterocycles. The maximum Gasteiger partial charge on any atom is 0 e. The van der Waals surface area contributed by atoms with Gasteiger partial charge in [0.05, 0.1) is 0 Å². The minimum atomic E-state index is 0. The van der Waals surface area contributed by atoms with E-state index in [1.54, 1.807) is 0 Å². The third-order valence-corrected chi connectivity index (χ3v) is 0. The Morgan fingerprint density at radius 3 is 0.800 bits per heavy atom. The molecule has 0 aliphatic carbocycles. The van der Waals surface area contributed by atoms with E-state index in [0.29, 0.717) is 0 Å². The maximum atomic E-state index is 0.